The van der Waals surface area contributed by atoms with Gasteiger partial charge in [0.15, 0.2) is 5.78 Å². The maximum absolute atomic E-state index is 11.8. The van der Waals surface area contributed by atoms with Crippen LogP contribution in [0.25, 0.3) is 0 Å². The molecule has 1 aromatic carbocycles. The third kappa shape index (κ3) is 2.99. The number of ketones is 1. The summed E-state index contributed by atoms with van der Waals surface area (Å²) in [6, 6.07) is 4.13. The normalized spacial score (nSPS) is 11.9. The van der Waals surface area contributed by atoms with Gasteiger partial charge in [0.05, 0.1) is 10.0 Å². The molecule has 90 valence electrons. The summed E-state index contributed by atoms with van der Waals surface area (Å²) < 4.78 is 0. The lowest BCUT2D eigenvalue weighted by Crippen LogP contribution is -2.09. The van der Waals surface area contributed by atoms with Crippen molar-refractivity contribution in [2.24, 2.45) is 0 Å². The van der Waals surface area contributed by atoms with Crippen molar-refractivity contribution in [3.63, 3.8) is 0 Å². The van der Waals surface area contributed by atoms with Gasteiger partial charge in [-0.05, 0) is 25.1 Å². The predicted molar refractivity (Wildman–Crippen MR) is 63.8 cm³/mol. The summed E-state index contributed by atoms with van der Waals surface area (Å²) in [5, 5.41) is 18.2. The first-order valence-corrected chi connectivity index (χ1v) is 5.23. The van der Waals surface area contributed by atoms with Crippen LogP contribution in [0.3, 0.4) is 0 Å². The highest BCUT2D eigenvalue weighted by Gasteiger charge is 2.17. The van der Waals surface area contributed by atoms with Crippen LogP contribution in [0, 0.1) is 0 Å². The first kappa shape index (κ1) is 13.5. The quantitative estimate of drug-likeness (QED) is 0.505. The molecule has 6 heteroatoms. The van der Waals surface area contributed by atoms with Gasteiger partial charge in [0.1, 0.15) is 0 Å². The highest BCUT2D eigenvalue weighted by atomic mass is 35.5. The Bertz CT molecular complexity index is 520. The van der Waals surface area contributed by atoms with Crippen LogP contribution in [0.2, 0.25) is 10.0 Å². The van der Waals surface area contributed by atoms with Crippen molar-refractivity contribution < 1.29 is 19.8 Å². The number of hydrogen-bond acceptors (Lipinski definition) is 3. The van der Waals surface area contributed by atoms with Crippen LogP contribution in [0.15, 0.2) is 29.5 Å². The molecule has 0 aliphatic heterocycles. The molecule has 0 aliphatic carbocycles. The van der Waals surface area contributed by atoms with E-state index in [9.17, 15) is 9.59 Å². The molecule has 0 fully saturated rings. The summed E-state index contributed by atoms with van der Waals surface area (Å²) in [6.07, 6.45) is 0. The Morgan fingerprint density at radius 1 is 1.12 bits per heavy atom. The van der Waals surface area contributed by atoms with Gasteiger partial charge in [-0.15, -0.1) is 0 Å². The molecule has 0 spiro atoms. The van der Waals surface area contributed by atoms with Crippen molar-refractivity contribution >= 4 is 35.0 Å². The minimum absolute atomic E-state index is 0.157. The number of allylic oxidation sites excluding steroid dienone is 1. The second-order valence-corrected chi connectivity index (χ2v) is 4.05. The zero-order valence-corrected chi connectivity index (χ0v) is 10.2. The standard InChI is InChI=1S/C11H8Cl2O4/c1-5(10(15)11(16)17)9(14)6-2-3-7(12)8(13)4-6/h2-4,15H,1H3,(H,16,17)/b10-5-. The van der Waals surface area contributed by atoms with Crippen LogP contribution in [0.4, 0.5) is 0 Å². The van der Waals surface area contributed by atoms with Gasteiger partial charge in [0.25, 0.3) is 0 Å². The summed E-state index contributed by atoms with van der Waals surface area (Å²) in [6.45, 7) is 1.22. The molecule has 0 radical (unpaired) electrons. The van der Waals surface area contributed by atoms with E-state index in [0.717, 1.165) is 0 Å². The molecular formula is C11H8Cl2O4. The summed E-state index contributed by atoms with van der Waals surface area (Å²) >= 11 is 11.4. The SMILES string of the molecule is C/C(C(=O)c1ccc(Cl)c(Cl)c1)=C(/O)C(=O)O. The lowest BCUT2D eigenvalue weighted by molar-refractivity contribution is -0.135. The van der Waals surface area contributed by atoms with Gasteiger partial charge in [-0.3, -0.25) is 4.79 Å². The number of carboxylic acids is 1. The van der Waals surface area contributed by atoms with Gasteiger partial charge in [0, 0.05) is 11.1 Å². The van der Waals surface area contributed by atoms with Gasteiger partial charge in [-0.1, -0.05) is 23.2 Å². The molecule has 0 unspecified atom stereocenters. The molecule has 1 aromatic rings. The van der Waals surface area contributed by atoms with Crippen molar-refractivity contribution in [3.05, 3.63) is 45.1 Å². The Hall–Kier alpha value is -1.52. The Morgan fingerprint density at radius 3 is 2.18 bits per heavy atom. The van der Waals surface area contributed by atoms with Crippen molar-refractivity contribution in [3.8, 4) is 0 Å². The Morgan fingerprint density at radius 2 is 1.71 bits per heavy atom. The van der Waals surface area contributed by atoms with E-state index in [4.69, 9.17) is 33.4 Å². The van der Waals surface area contributed by atoms with Crippen LogP contribution in [-0.2, 0) is 4.79 Å². The first-order valence-electron chi connectivity index (χ1n) is 4.47. The second kappa shape index (κ2) is 5.21. The van der Waals surface area contributed by atoms with Crippen molar-refractivity contribution in [1.29, 1.82) is 0 Å². The average molecular weight is 275 g/mol. The van der Waals surface area contributed by atoms with Crippen molar-refractivity contribution in [1.82, 2.24) is 0 Å². The van der Waals surface area contributed by atoms with Crippen molar-refractivity contribution in [2.75, 3.05) is 0 Å². The molecule has 0 saturated carbocycles. The Kier molecular flexibility index (Phi) is 4.15. The number of halogens is 2. The number of Topliss-reactive ketones (excluding diaryl/α,β-unsaturated/α-hetero) is 1. The number of benzene rings is 1. The molecule has 4 nitrogen and oxygen atoms in total. The number of aliphatic hydroxyl groups is 1. The van der Waals surface area contributed by atoms with E-state index in [1.807, 2.05) is 0 Å². The highest BCUT2D eigenvalue weighted by Crippen LogP contribution is 2.24. The molecule has 0 amide bonds. The molecule has 0 saturated heterocycles. The van der Waals surface area contributed by atoms with Gasteiger partial charge >= 0.3 is 5.97 Å². The number of carbonyl (C=O) groups is 2. The average Bonchev–Trinajstić information content (AvgIpc) is 2.29. The van der Waals surface area contributed by atoms with Crippen LogP contribution in [0.5, 0.6) is 0 Å². The van der Waals surface area contributed by atoms with Crippen LogP contribution < -0.4 is 0 Å². The number of aliphatic carboxylic acids is 1. The molecule has 0 aliphatic rings. The topological polar surface area (TPSA) is 74.6 Å². The van der Waals surface area contributed by atoms with E-state index in [1.54, 1.807) is 0 Å². The highest BCUT2D eigenvalue weighted by molar-refractivity contribution is 6.42. The summed E-state index contributed by atoms with van der Waals surface area (Å²) in [5.74, 6) is -3.17. The van der Waals surface area contributed by atoms with E-state index in [-0.39, 0.29) is 21.2 Å². The lowest BCUT2D eigenvalue weighted by atomic mass is 10.0. The molecule has 0 bridgehead atoms. The van der Waals surface area contributed by atoms with Crippen LogP contribution >= 0.6 is 23.2 Å². The zero-order valence-electron chi connectivity index (χ0n) is 8.70. The fourth-order valence-corrected chi connectivity index (χ4v) is 1.42. The molecule has 17 heavy (non-hydrogen) atoms. The maximum atomic E-state index is 11.8. The Balaban J connectivity index is 3.18. The van der Waals surface area contributed by atoms with E-state index < -0.39 is 17.5 Å². The lowest BCUT2D eigenvalue weighted by Gasteiger charge is -2.04. The summed E-state index contributed by atoms with van der Waals surface area (Å²) in [7, 11) is 0. The van der Waals surface area contributed by atoms with Gasteiger partial charge in [0.2, 0.25) is 5.76 Å². The smallest absolute Gasteiger partial charge is 0.371 e. The number of hydrogen-bond donors (Lipinski definition) is 2. The maximum Gasteiger partial charge on any atom is 0.371 e. The number of aliphatic hydroxyl groups excluding tert-OH is 1. The fourth-order valence-electron chi connectivity index (χ4n) is 1.12. The fraction of sp³-hybridized carbons (Fsp3) is 0.0909. The number of rotatable bonds is 3. The van der Waals surface area contributed by atoms with Crippen LogP contribution in [0.1, 0.15) is 17.3 Å². The van der Waals surface area contributed by atoms with E-state index >= 15 is 0 Å². The monoisotopic (exact) mass is 274 g/mol. The van der Waals surface area contributed by atoms with Gasteiger partial charge in [-0.2, -0.15) is 0 Å². The van der Waals surface area contributed by atoms with E-state index in [0.29, 0.717) is 0 Å². The van der Waals surface area contributed by atoms with Gasteiger partial charge in [-0.25, -0.2) is 4.79 Å². The minimum Gasteiger partial charge on any atom is -0.502 e. The van der Waals surface area contributed by atoms with Gasteiger partial charge < -0.3 is 10.2 Å². The third-order valence-electron chi connectivity index (χ3n) is 2.08. The molecule has 0 aromatic heterocycles. The Labute approximate surface area is 107 Å². The van der Waals surface area contributed by atoms with Crippen LogP contribution in [-0.4, -0.2) is 22.0 Å². The zero-order chi connectivity index (χ0) is 13.2. The molecule has 0 heterocycles. The molecule has 0 atom stereocenters. The second-order valence-electron chi connectivity index (χ2n) is 3.24. The van der Waals surface area contributed by atoms with Crippen molar-refractivity contribution in [2.45, 2.75) is 6.92 Å². The van der Waals surface area contributed by atoms with E-state index in [1.165, 1.54) is 25.1 Å². The minimum atomic E-state index is -1.56. The first-order chi connectivity index (χ1) is 7.84. The molecular weight excluding hydrogens is 267 g/mol. The third-order valence-corrected chi connectivity index (χ3v) is 2.82. The summed E-state index contributed by atoms with van der Waals surface area (Å²) in [5.41, 5.74) is -0.111. The largest absolute Gasteiger partial charge is 0.502 e. The predicted octanol–water partition coefficient (Wildman–Crippen LogP) is 3.09. The molecule has 2 N–H and O–H groups in total. The summed E-state index contributed by atoms with van der Waals surface area (Å²) in [4.78, 5) is 22.3. The number of carbonyl (C=O) groups excluding carboxylic acids is 1. The number of carboxylic acid groups (broad SMARTS) is 1. The van der Waals surface area contributed by atoms with E-state index in [2.05, 4.69) is 0 Å². The molecule has 1 rings (SSSR count).